The van der Waals surface area contributed by atoms with Crippen LogP contribution in [0.15, 0.2) is 217 Å². The molecule has 0 saturated heterocycles. The molecular weight excluding hydrogens is 715 g/mol. The van der Waals surface area contributed by atoms with Gasteiger partial charge in [0.15, 0.2) is 0 Å². The fraction of sp³-hybridized carbons (Fsp3) is 0.0175. The van der Waals surface area contributed by atoms with Crippen molar-refractivity contribution in [2.24, 2.45) is 0 Å². The topological polar surface area (TPSA) is 16.4 Å². The van der Waals surface area contributed by atoms with Gasteiger partial charge in [0.2, 0.25) is 0 Å². The minimum atomic E-state index is -0.457. The summed E-state index contributed by atoms with van der Waals surface area (Å²) in [6.45, 7) is 0. The molecule has 0 unspecified atom stereocenters. The van der Waals surface area contributed by atoms with Crippen molar-refractivity contribution >= 4 is 60.5 Å². The zero-order valence-corrected chi connectivity index (χ0v) is 32.1. The number of anilines is 3. The van der Waals surface area contributed by atoms with Crippen LogP contribution < -0.4 is 4.90 Å². The Kier molecular flexibility index (Phi) is 6.68. The third kappa shape index (κ3) is 4.30. The van der Waals surface area contributed by atoms with Crippen molar-refractivity contribution in [2.75, 3.05) is 4.90 Å². The van der Waals surface area contributed by atoms with Gasteiger partial charge in [-0.25, -0.2) is 0 Å². The van der Waals surface area contributed by atoms with Gasteiger partial charge in [0.05, 0.1) is 22.5 Å². The molecule has 13 rings (SSSR count). The van der Waals surface area contributed by atoms with E-state index in [1.54, 1.807) is 0 Å². The van der Waals surface area contributed by atoms with E-state index in [-0.39, 0.29) is 0 Å². The first kappa shape index (κ1) is 32.4. The van der Waals surface area contributed by atoms with Crippen molar-refractivity contribution in [3.05, 3.63) is 235 Å². The van der Waals surface area contributed by atoms with E-state index < -0.39 is 5.41 Å². The minimum absolute atomic E-state index is 0.457. The minimum Gasteiger partial charge on any atom is -0.455 e. The second-order valence-electron chi connectivity index (χ2n) is 15.9. The monoisotopic (exact) mass is 749 g/mol. The smallest absolute Gasteiger partial charge is 0.143 e. The fourth-order valence-corrected chi connectivity index (χ4v) is 10.7. The van der Waals surface area contributed by atoms with Gasteiger partial charge < -0.3 is 9.32 Å². The zero-order chi connectivity index (χ0) is 38.7. The summed E-state index contributed by atoms with van der Waals surface area (Å²) in [4.78, 5) is 2.52. The van der Waals surface area contributed by atoms with Crippen molar-refractivity contribution in [1.82, 2.24) is 0 Å². The maximum atomic E-state index is 7.00. The molecule has 0 saturated carbocycles. The summed E-state index contributed by atoms with van der Waals surface area (Å²) in [5.41, 5.74) is 17.3. The quantitative estimate of drug-likeness (QED) is 0.178. The first-order valence-electron chi connectivity index (χ1n) is 20.4. The highest BCUT2D eigenvalue weighted by Gasteiger charge is 2.52. The Labute approximate surface area is 341 Å². The Balaban J connectivity index is 1.13. The lowest BCUT2D eigenvalue weighted by atomic mass is 9.70. The van der Waals surface area contributed by atoms with Crippen LogP contribution in [0.1, 0.15) is 22.3 Å². The van der Waals surface area contributed by atoms with E-state index in [2.05, 4.69) is 217 Å². The molecule has 1 heterocycles. The van der Waals surface area contributed by atoms with Crippen molar-refractivity contribution < 1.29 is 4.42 Å². The molecule has 0 fully saturated rings. The standard InChI is InChI=1S/C57H35NO/c1-3-19-38-36(16-1)18-13-32-51(38)58(52-31-12-8-23-42(52)43-25-14-26-44-45-35-34-37-17-2-4-20-39(37)55(45)59-56(43)44)53-33-15-30-50-54(53)46-24-7-11-29-49(46)57(50)47-27-9-5-21-40(47)41-22-6-10-28-48(41)57/h1-35H. The van der Waals surface area contributed by atoms with Gasteiger partial charge in [-0.05, 0) is 74.0 Å². The van der Waals surface area contributed by atoms with E-state index in [1.807, 2.05) is 0 Å². The Morgan fingerprint density at radius 3 is 1.54 bits per heavy atom. The molecule has 0 radical (unpaired) electrons. The highest BCUT2D eigenvalue weighted by atomic mass is 16.3. The van der Waals surface area contributed by atoms with Gasteiger partial charge >= 0.3 is 0 Å². The second kappa shape index (κ2) is 12.2. The number of benzene rings is 10. The van der Waals surface area contributed by atoms with Gasteiger partial charge in [0.1, 0.15) is 11.2 Å². The average Bonchev–Trinajstić information content (AvgIpc) is 3.94. The number of rotatable bonds is 4. The van der Waals surface area contributed by atoms with E-state index >= 15 is 0 Å². The van der Waals surface area contributed by atoms with Crippen LogP contribution in [0.3, 0.4) is 0 Å². The van der Waals surface area contributed by atoms with Gasteiger partial charge in [-0.3, -0.25) is 0 Å². The molecule has 11 aromatic rings. The molecule has 0 amide bonds. The van der Waals surface area contributed by atoms with Crippen LogP contribution in [0, 0.1) is 0 Å². The Hall–Kier alpha value is -7.68. The summed E-state index contributed by atoms with van der Waals surface area (Å²) >= 11 is 0. The molecule has 274 valence electrons. The normalized spacial score (nSPS) is 13.2. The maximum absolute atomic E-state index is 7.00. The predicted molar refractivity (Wildman–Crippen MR) is 245 cm³/mol. The number of hydrogen-bond donors (Lipinski definition) is 0. The Morgan fingerprint density at radius 2 is 0.763 bits per heavy atom. The average molecular weight is 750 g/mol. The summed E-state index contributed by atoms with van der Waals surface area (Å²) in [7, 11) is 0. The zero-order valence-electron chi connectivity index (χ0n) is 32.1. The van der Waals surface area contributed by atoms with E-state index in [1.165, 1.54) is 60.7 Å². The van der Waals surface area contributed by atoms with Gasteiger partial charge in [0.25, 0.3) is 0 Å². The van der Waals surface area contributed by atoms with E-state index in [0.29, 0.717) is 0 Å². The highest BCUT2D eigenvalue weighted by molar-refractivity contribution is 6.18. The predicted octanol–water partition coefficient (Wildman–Crippen LogP) is 15.4. The molecule has 0 aliphatic heterocycles. The SMILES string of the molecule is c1ccc(N(c2cccc3c2-c2ccccc2C32c3ccccc3-c3ccccc32)c2cccc3ccccc23)c(-c2cccc3c2oc2c4ccccc4ccc32)c1. The van der Waals surface area contributed by atoms with Crippen LogP contribution in [-0.2, 0) is 5.41 Å². The number of fused-ring (bicyclic) bond motifs is 16. The van der Waals surface area contributed by atoms with Crippen molar-refractivity contribution in [3.8, 4) is 33.4 Å². The summed E-state index contributed by atoms with van der Waals surface area (Å²) < 4.78 is 7.00. The molecule has 2 aliphatic rings. The van der Waals surface area contributed by atoms with E-state index in [9.17, 15) is 0 Å². The lowest BCUT2D eigenvalue weighted by Crippen LogP contribution is -2.26. The van der Waals surface area contributed by atoms with Crippen molar-refractivity contribution in [3.63, 3.8) is 0 Å². The van der Waals surface area contributed by atoms with Crippen molar-refractivity contribution in [2.45, 2.75) is 5.41 Å². The molecule has 1 aromatic heterocycles. The summed E-state index contributed by atoms with van der Waals surface area (Å²) in [5, 5.41) is 6.93. The Bertz CT molecular complexity index is 3480. The summed E-state index contributed by atoms with van der Waals surface area (Å²) in [6.07, 6.45) is 0. The van der Waals surface area contributed by atoms with Crippen LogP contribution in [0.25, 0.3) is 76.9 Å². The van der Waals surface area contributed by atoms with Crippen LogP contribution in [-0.4, -0.2) is 0 Å². The second-order valence-corrected chi connectivity index (χ2v) is 15.9. The van der Waals surface area contributed by atoms with Gasteiger partial charge in [-0.15, -0.1) is 0 Å². The molecule has 0 bridgehead atoms. The van der Waals surface area contributed by atoms with Crippen LogP contribution in [0.5, 0.6) is 0 Å². The lowest BCUT2D eigenvalue weighted by Gasteiger charge is -2.33. The lowest BCUT2D eigenvalue weighted by molar-refractivity contribution is 0.674. The van der Waals surface area contributed by atoms with Crippen molar-refractivity contribution in [1.29, 1.82) is 0 Å². The van der Waals surface area contributed by atoms with Crippen LogP contribution >= 0.6 is 0 Å². The number of hydrogen-bond acceptors (Lipinski definition) is 2. The molecular formula is C57H35NO. The van der Waals surface area contributed by atoms with E-state index in [0.717, 1.165) is 55.5 Å². The molecule has 2 nitrogen and oxygen atoms in total. The van der Waals surface area contributed by atoms with Gasteiger partial charge in [-0.2, -0.15) is 0 Å². The van der Waals surface area contributed by atoms with Gasteiger partial charge in [-0.1, -0.05) is 188 Å². The highest BCUT2D eigenvalue weighted by Crippen LogP contribution is 2.65. The summed E-state index contributed by atoms with van der Waals surface area (Å²) in [6, 6.07) is 78.0. The van der Waals surface area contributed by atoms with E-state index in [4.69, 9.17) is 4.42 Å². The molecule has 59 heavy (non-hydrogen) atoms. The molecule has 2 aliphatic carbocycles. The molecule has 0 atom stereocenters. The van der Waals surface area contributed by atoms with Crippen LogP contribution in [0.2, 0.25) is 0 Å². The molecule has 2 heteroatoms. The third-order valence-corrected chi connectivity index (χ3v) is 13.1. The van der Waals surface area contributed by atoms with Crippen LogP contribution in [0.4, 0.5) is 17.1 Å². The summed E-state index contributed by atoms with van der Waals surface area (Å²) in [5.74, 6) is 0. The Morgan fingerprint density at radius 1 is 0.288 bits per heavy atom. The molecule has 0 N–H and O–H groups in total. The first-order valence-corrected chi connectivity index (χ1v) is 20.4. The maximum Gasteiger partial charge on any atom is 0.143 e. The number of furan rings is 1. The number of para-hydroxylation sites is 2. The molecule has 10 aromatic carbocycles. The first-order chi connectivity index (χ1) is 29.3. The third-order valence-electron chi connectivity index (χ3n) is 13.1. The largest absolute Gasteiger partial charge is 0.455 e. The fourth-order valence-electron chi connectivity index (χ4n) is 10.7. The van der Waals surface area contributed by atoms with Gasteiger partial charge in [0, 0.05) is 38.2 Å². The number of nitrogens with zero attached hydrogens (tertiary/aromatic N) is 1. The molecule has 1 spiro atoms.